The molecule has 0 aromatic carbocycles. The molecule has 1 aromatic rings. The lowest BCUT2D eigenvalue weighted by Crippen LogP contribution is -2.44. The Morgan fingerprint density at radius 2 is 2.22 bits per heavy atom. The highest BCUT2D eigenvalue weighted by atomic mass is 32.2. The van der Waals surface area contributed by atoms with Gasteiger partial charge in [0.25, 0.3) is 0 Å². The molecule has 0 aliphatic carbocycles. The molecule has 0 saturated carbocycles. The molecule has 0 bridgehead atoms. The van der Waals surface area contributed by atoms with Crippen LogP contribution >= 0.6 is 11.8 Å². The number of nitrogens with one attached hydrogen (secondary N) is 1. The summed E-state index contributed by atoms with van der Waals surface area (Å²) in [4.78, 5) is 6.88. The molecule has 1 N–H and O–H groups in total. The van der Waals surface area contributed by atoms with Crippen LogP contribution in [-0.2, 0) is 5.75 Å². The molecule has 0 spiro atoms. The topological polar surface area (TPSA) is 54.2 Å². The number of thioether (sulfide) groups is 1. The molecule has 1 aliphatic heterocycles. The van der Waals surface area contributed by atoms with Crippen LogP contribution < -0.4 is 5.32 Å². The summed E-state index contributed by atoms with van der Waals surface area (Å²) < 4.78 is 5.37. The van der Waals surface area contributed by atoms with Gasteiger partial charge < -0.3 is 9.84 Å². The van der Waals surface area contributed by atoms with Gasteiger partial charge in [-0.05, 0) is 19.1 Å². The van der Waals surface area contributed by atoms with Gasteiger partial charge in [-0.3, -0.25) is 4.90 Å². The molecule has 1 fully saturated rings. The second-order valence-electron chi connectivity index (χ2n) is 4.56. The van der Waals surface area contributed by atoms with Crippen LogP contribution in [0, 0.1) is 0 Å². The van der Waals surface area contributed by atoms with Gasteiger partial charge in [-0.1, -0.05) is 12.1 Å². The summed E-state index contributed by atoms with van der Waals surface area (Å²) in [7, 11) is 0. The molecule has 1 saturated heterocycles. The number of rotatable bonds is 6. The van der Waals surface area contributed by atoms with Gasteiger partial charge in [-0.15, -0.1) is 0 Å². The van der Waals surface area contributed by atoms with E-state index in [1.807, 2.05) is 11.8 Å². The van der Waals surface area contributed by atoms with E-state index in [9.17, 15) is 0 Å². The second kappa shape index (κ2) is 7.11. The highest BCUT2D eigenvalue weighted by Crippen LogP contribution is 2.19. The molecular weight excluding hydrogens is 248 g/mol. The van der Waals surface area contributed by atoms with Crippen molar-refractivity contribution in [2.75, 3.05) is 31.9 Å². The third kappa shape index (κ3) is 3.70. The molecule has 0 radical (unpaired) electrons. The molecule has 1 unspecified atom stereocenters. The van der Waals surface area contributed by atoms with E-state index in [-0.39, 0.29) is 6.04 Å². The lowest BCUT2D eigenvalue weighted by molar-refractivity contribution is 0.154. The van der Waals surface area contributed by atoms with Crippen LogP contribution in [0.1, 0.15) is 38.0 Å². The Morgan fingerprint density at radius 3 is 2.94 bits per heavy atom. The summed E-state index contributed by atoms with van der Waals surface area (Å²) in [5.74, 6) is 3.58. The Kier molecular flexibility index (Phi) is 5.46. The highest BCUT2D eigenvalue weighted by molar-refractivity contribution is 7.98. The van der Waals surface area contributed by atoms with Crippen molar-refractivity contribution in [2.45, 2.75) is 32.1 Å². The summed E-state index contributed by atoms with van der Waals surface area (Å²) >= 11 is 1.86. The molecule has 2 rings (SSSR count). The quantitative estimate of drug-likeness (QED) is 0.794. The van der Waals surface area contributed by atoms with Gasteiger partial charge in [0.05, 0.1) is 11.8 Å². The van der Waals surface area contributed by atoms with E-state index >= 15 is 0 Å². The maximum atomic E-state index is 5.37. The zero-order chi connectivity index (χ0) is 12.8. The molecule has 5 nitrogen and oxygen atoms in total. The van der Waals surface area contributed by atoms with Crippen LogP contribution in [0.15, 0.2) is 4.52 Å². The first kappa shape index (κ1) is 13.8. The normalized spacial score (nSPS) is 19.0. The van der Waals surface area contributed by atoms with Crippen molar-refractivity contribution >= 4 is 11.8 Å². The summed E-state index contributed by atoms with van der Waals surface area (Å²) in [5, 5.41) is 7.40. The lowest BCUT2D eigenvalue weighted by Gasteiger charge is -2.30. The first-order valence-electron chi connectivity index (χ1n) is 6.66. The third-order valence-corrected chi connectivity index (χ3v) is 4.28. The van der Waals surface area contributed by atoms with Crippen molar-refractivity contribution in [3.63, 3.8) is 0 Å². The Hall–Kier alpha value is -0.590. The van der Waals surface area contributed by atoms with Crippen molar-refractivity contribution in [3.8, 4) is 0 Å². The largest absolute Gasteiger partial charge is 0.338 e. The molecular formula is C12H22N4OS. The van der Waals surface area contributed by atoms with Crippen LogP contribution in [0.3, 0.4) is 0 Å². The molecule has 1 aliphatic rings. The maximum Gasteiger partial charge on any atom is 0.243 e. The van der Waals surface area contributed by atoms with E-state index in [1.165, 1.54) is 6.42 Å². The maximum absolute atomic E-state index is 5.37. The van der Waals surface area contributed by atoms with Crippen LogP contribution in [0.5, 0.6) is 0 Å². The van der Waals surface area contributed by atoms with Crippen LogP contribution in [0.2, 0.25) is 0 Å². The summed E-state index contributed by atoms with van der Waals surface area (Å²) in [6.45, 7) is 8.49. The molecule has 18 heavy (non-hydrogen) atoms. The van der Waals surface area contributed by atoms with Gasteiger partial charge in [0.2, 0.25) is 5.89 Å². The van der Waals surface area contributed by atoms with Crippen molar-refractivity contribution in [1.82, 2.24) is 20.4 Å². The van der Waals surface area contributed by atoms with Gasteiger partial charge in [-0.2, -0.15) is 16.7 Å². The van der Waals surface area contributed by atoms with E-state index in [4.69, 9.17) is 4.52 Å². The van der Waals surface area contributed by atoms with Gasteiger partial charge in [0.15, 0.2) is 5.82 Å². The van der Waals surface area contributed by atoms with Gasteiger partial charge >= 0.3 is 0 Å². The minimum Gasteiger partial charge on any atom is -0.338 e. The fourth-order valence-electron chi connectivity index (χ4n) is 2.03. The van der Waals surface area contributed by atoms with E-state index in [0.717, 1.165) is 49.4 Å². The number of hydrogen-bond donors (Lipinski definition) is 1. The van der Waals surface area contributed by atoms with E-state index in [2.05, 4.69) is 34.2 Å². The third-order valence-electron chi connectivity index (χ3n) is 3.12. The summed E-state index contributed by atoms with van der Waals surface area (Å²) in [6.07, 6.45) is 1.19. The van der Waals surface area contributed by atoms with Crippen LogP contribution in [0.25, 0.3) is 0 Å². The van der Waals surface area contributed by atoms with Crippen molar-refractivity contribution in [2.24, 2.45) is 0 Å². The van der Waals surface area contributed by atoms with Crippen molar-refractivity contribution in [1.29, 1.82) is 0 Å². The fourth-order valence-corrected chi connectivity index (χ4v) is 2.76. The SMILES string of the molecule is CCCSCc1noc(C(C)N2CCNCC2)n1. The number of nitrogens with zero attached hydrogens (tertiary/aromatic N) is 3. The Balaban J connectivity index is 1.87. The summed E-state index contributed by atoms with van der Waals surface area (Å²) in [5.41, 5.74) is 0. The average molecular weight is 270 g/mol. The Morgan fingerprint density at radius 1 is 1.44 bits per heavy atom. The Labute approximate surface area is 113 Å². The highest BCUT2D eigenvalue weighted by Gasteiger charge is 2.22. The lowest BCUT2D eigenvalue weighted by atomic mass is 10.2. The van der Waals surface area contributed by atoms with Crippen LogP contribution in [0.4, 0.5) is 0 Å². The van der Waals surface area contributed by atoms with Crippen molar-refractivity contribution < 1.29 is 4.52 Å². The summed E-state index contributed by atoms with van der Waals surface area (Å²) in [6, 6.07) is 0.226. The number of aromatic nitrogens is 2. The minimum absolute atomic E-state index is 0.226. The smallest absolute Gasteiger partial charge is 0.243 e. The number of hydrogen-bond acceptors (Lipinski definition) is 6. The van der Waals surface area contributed by atoms with E-state index < -0.39 is 0 Å². The molecule has 1 aromatic heterocycles. The predicted molar refractivity (Wildman–Crippen MR) is 73.6 cm³/mol. The van der Waals surface area contributed by atoms with Gasteiger partial charge in [-0.25, -0.2) is 0 Å². The first-order valence-corrected chi connectivity index (χ1v) is 7.81. The zero-order valence-electron chi connectivity index (χ0n) is 11.2. The van der Waals surface area contributed by atoms with E-state index in [0.29, 0.717) is 0 Å². The van der Waals surface area contributed by atoms with E-state index in [1.54, 1.807) is 0 Å². The standard InChI is InChI=1S/C12H22N4OS/c1-3-8-18-9-11-14-12(17-15-11)10(2)16-6-4-13-5-7-16/h10,13H,3-9H2,1-2H3. The minimum atomic E-state index is 0.226. The second-order valence-corrected chi connectivity index (χ2v) is 5.67. The molecule has 102 valence electrons. The van der Waals surface area contributed by atoms with Crippen LogP contribution in [-0.4, -0.2) is 47.0 Å². The average Bonchev–Trinajstić information content (AvgIpc) is 2.88. The molecule has 2 heterocycles. The Bertz CT molecular complexity index is 352. The predicted octanol–water partition coefficient (Wildman–Crippen LogP) is 1.68. The molecule has 1 atom stereocenters. The first-order chi connectivity index (χ1) is 8.81. The number of piperazine rings is 1. The monoisotopic (exact) mass is 270 g/mol. The van der Waals surface area contributed by atoms with Gasteiger partial charge in [0.1, 0.15) is 0 Å². The fraction of sp³-hybridized carbons (Fsp3) is 0.833. The van der Waals surface area contributed by atoms with Crippen molar-refractivity contribution in [3.05, 3.63) is 11.7 Å². The molecule has 6 heteroatoms. The van der Waals surface area contributed by atoms with Gasteiger partial charge in [0, 0.05) is 26.2 Å². The molecule has 0 amide bonds. The zero-order valence-corrected chi connectivity index (χ0v) is 12.0.